The van der Waals surface area contributed by atoms with Crippen LogP contribution in [0.1, 0.15) is 19.8 Å². The SMILES string of the molecule is CC1CCN(c2c(N)cc(F)cc2F)CC1. The first-order chi connectivity index (χ1) is 7.58. The van der Waals surface area contributed by atoms with Crippen LogP contribution in [-0.2, 0) is 0 Å². The van der Waals surface area contributed by atoms with E-state index in [2.05, 4.69) is 6.92 Å². The largest absolute Gasteiger partial charge is 0.397 e. The molecule has 2 rings (SSSR count). The number of nitrogens with zero attached hydrogens (tertiary/aromatic N) is 1. The standard InChI is InChI=1S/C12H16F2N2/c1-8-2-4-16(5-3-8)12-10(14)6-9(13)7-11(12)15/h6-8H,2-5,15H2,1H3. The maximum atomic E-state index is 13.6. The van der Waals surface area contributed by atoms with Crippen LogP contribution < -0.4 is 10.6 Å². The Hall–Kier alpha value is -1.32. The van der Waals surface area contributed by atoms with E-state index < -0.39 is 11.6 Å². The van der Waals surface area contributed by atoms with E-state index in [1.807, 2.05) is 4.90 Å². The normalized spacial score (nSPS) is 17.8. The molecule has 2 N–H and O–H groups in total. The van der Waals surface area contributed by atoms with E-state index in [0.29, 0.717) is 11.6 Å². The van der Waals surface area contributed by atoms with Crippen LogP contribution in [0.4, 0.5) is 20.2 Å². The van der Waals surface area contributed by atoms with Crippen molar-refractivity contribution in [2.24, 2.45) is 5.92 Å². The second-order valence-electron chi connectivity index (χ2n) is 4.50. The molecule has 1 saturated heterocycles. The average Bonchev–Trinajstić information content (AvgIpc) is 2.19. The highest BCUT2D eigenvalue weighted by Crippen LogP contribution is 2.31. The molecular formula is C12H16F2N2. The summed E-state index contributed by atoms with van der Waals surface area (Å²) in [4.78, 5) is 1.91. The van der Waals surface area contributed by atoms with Crippen molar-refractivity contribution in [1.29, 1.82) is 0 Å². The number of benzene rings is 1. The highest BCUT2D eigenvalue weighted by Gasteiger charge is 2.21. The van der Waals surface area contributed by atoms with Gasteiger partial charge in [-0.3, -0.25) is 0 Å². The summed E-state index contributed by atoms with van der Waals surface area (Å²) in [6.07, 6.45) is 2.05. The summed E-state index contributed by atoms with van der Waals surface area (Å²) in [7, 11) is 0. The lowest BCUT2D eigenvalue weighted by Gasteiger charge is -2.33. The summed E-state index contributed by atoms with van der Waals surface area (Å²) < 4.78 is 26.5. The van der Waals surface area contributed by atoms with Crippen LogP contribution in [0.5, 0.6) is 0 Å². The predicted octanol–water partition coefficient (Wildman–Crippen LogP) is 2.78. The minimum Gasteiger partial charge on any atom is -0.397 e. The number of halogens is 2. The Morgan fingerprint density at radius 3 is 2.44 bits per heavy atom. The molecule has 0 atom stereocenters. The van der Waals surface area contributed by atoms with Gasteiger partial charge in [0.15, 0.2) is 5.82 Å². The summed E-state index contributed by atoms with van der Waals surface area (Å²) in [5.41, 5.74) is 6.21. The van der Waals surface area contributed by atoms with Crippen LogP contribution in [0, 0.1) is 17.6 Å². The molecule has 1 aliphatic rings. The summed E-state index contributed by atoms with van der Waals surface area (Å²) in [6.45, 7) is 3.75. The minimum atomic E-state index is -0.621. The Bertz CT molecular complexity index is 362. The third kappa shape index (κ3) is 2.10. The van der Waals surface area contributed by atoms with Crippen LogP contribution in [0.3, 0.4) is 0 Å². The first-order valence-corrected chi connectivity index (χ1v) is 5.57. The van der Waals surface area contributed by atoms with Crippen molar-refractivity contribution >= 4 is 11.4 Å². The number of piperidine rings is 1. The highest BCUT2D eigenvalue weighted by atomic mass is 19.1. The second kappa shape index (κ2) is 4.28. The molecule has 2 nitrogen and oxygen atoms in total. The fraction of sp³-hybridized carbons (Fsp3) is 0.500. The van der Waals surface area contributed by atoms with Crippen LogP contribution >= 0.6 is 0 Å². The van der Waals surface area contributed by atoms with E-state index in [1.165, 1.54) is 6.07 Å². The first-order valence-electron chi connectivity index (χ1n) is 5.57. The Morgan fingerprint density at radius 1 is 1.25 bits per heavy atom. The molecule has 1 heterocycles. The van der Waals surface area contributed by atoms with E-state index in [1.54, 1.807) is 0 Å². The molecule has 0 aliphatic carbocycles. The van der Waals surface area contributed by atoms with E-state index in [4.69, 9.17) is 5.73 Å². The third-order valence-electron chi connectivity index (χ3n) is 3.16. The topological polar surface area (TPSA) is 29.3 Å². The van der Waals surface area contributed by atoms with Crippen LogP contribution in [0.25, 0.3) is 0 Å². The smallest absolute Gasteiger partial charge is 0.151 e. The number of rotatable bonds is 1. The fourth-order valence-corrected chi connectivity index (χ4v) is 2.15. The molecule has 0 saturated carbocycles. The number of anilines is 2. The van der Waals surface area contributed by atoms with Gasteiger partial charge in [0.05, 0.1) is 11.4 Å². The number of hydrogen-bond donors (Lipinski definition) is 1. The Balaban J connectivity index is 2.26. The summed E-state index contributed by atoms with van der Waals surface area (Å²) in [5.74, 6) is -0.517. The molecule has 0 aromatic heterocycles. The quantitative estimate of drug-likeness (QED) is 0.746. The zero-order valence-corrected chi connectivity index (χ0v) is 9.34. The zero-order valence-electron chi connectivity index (χ0n) is 9.34. The number of hydrogen-bond acceptors (Lipinski definition) is 2. The number of nitrogens with two attached hydrogens (primary N) is 1. The maximum Gasteiger partial charge on any atom is 0.151 e. The highest BCUT2D eigenvalue weighted by molar-refractivity contribution is 5.68. The van der Waals surface area contributed by atoms with Crippen LogP contribution in [0.15, 0.2) is 12.1 Å². The van der Waals surface area contributed by atoms with Gasteiger partial charge in [-0.25, -0.2) is 8.78 Å². The van der Waals surface area contributed by atoms with E-state index in [0.717, 1.165) is 32.0 Å². The minimum absolute atomic E-state index is 0.187. The Labute approximate surface area is 94.0 Å². The van der Waals surface area contributed by atoms with Crippen LogP contribution in [0.2, 0.25) is 0 Å². The van der Waals surface area contributed by atoms with Crippen molar-refractivity contribution in [3.8, 4) is 0 Å². The van der Waals surface area contributed by atoms with Gasteiger partial charge in [0.1, 0.15) is 5.82 Å². The molecule has 0 spiro atoms. The predicted molar refractivity (Wildman–Crippen MR) is 61.4 cm³/mol. The lowest BCUT2D eigenvalue weighted by atomic mass is 9.98. The molecule has 0 radical (unpaired) electrons. The van der Waals surface area contributed by atoms with Gasteiger partial charge in [-0.2, -0.15) is 0 Å². The third-order valence-corrected chi connectivity index (χ3v) is 3.16. The van der Waals surface area contributed by atoms with Gasteiger partial charge in [-0.15, -0.1) is 0 Å². The van der Waals surface area contributed by atoms with Gasteiger partial charge in [0, 0.05) is 19.2 Å². The van der Waals surface area contributed by atoms with E-state index in [9.17, 15) is 8.78 Å². The van der Waals surface area contributed by atoms with Gasteiger partial charge >= 0.3 is 0 Å². The summed E-state index contributed by atoms with van der Waals surface area (Å²) >= 11 is 0. The molecule has 4 heteroatoms. The van der Waals surface area contributed by atoms with Crippen molar-refractivity contribution < 1.29 is 8.78 Å². The van der Waals surface area contributed by atoms with Gasteiger partial charge in [-0.1, -0.05) is 6.92 Å². The number of nitrogen functional groups attached to an aromatic ring is 1. The van der Waals surface area contributed by atoms with Gasteiger partial charge in [0.2, 0.25) is 0 Å². The molecule has 1 aromatic rings. The lowest BCUT2D eigenvalue weighted by molar-refractivity contribution is 0.434. The summed E-state index contributed by atoms with van der Waals surface area (Å²) in [5, 5.41) is 0. The first kappa shape index (κ1) is 11.2. The van der Waals surface area contributed by atoms with Gasteiger partial charge in [0.25, 0.3) is 0 Å². The molecule has 0 amide bonds. The van der Waals surface area contributed by atoms with Crippen molar-refractivity contribution in [3.05, 3.63) is 23.8 Å². The van der Waals surface area contributed by atoms with Crippen molar-refractivity contribution in [3.63, 3.8) is 0 Å². The maximum absolute atomic E-state index is 13.6. The monoisotopic (exact) mass is 226 g/mol. The van der Waals surface area contributed by atoms with Crippen molar-refractivity contribution in [2.45, 2.75) is 19.8 Å². The molecule has 88 valence electrons. The van der Waals surface area contributed by atoms with Gasteiger partial charge in [-0.05, 0) is 24.8 Å². The zero-order chi connectivity index (χ0) is 11.7. The molecule has 0 bridgehead atoms. The van der Waals surface area contributed by atoms with Crippen LogP contribution in [-0.4, -0.2) is 13.1 Å². The molecule has 1 fully saturated rings. The Kier molecular flexibility index (Phi) is 2.99. The average molecular weight is 226 g/mol. The van der Waals surface area contributed by atoms with Crippen molar-refractivity contribution in [1.82, 2.24) is 0 Å². The lowest BCUT2D eigenvalue weighted by Crippen LogP contribution is -2.34. The molecule has 1 aliphatic heterocycles. The second-order valence-corrected chi connectivity index (χ2v) is 4.50. The molecule has 1 aromatic carbocycles. The van der Waals surface area contributed by atoms with Gasteiger partial charge < -0.3 is 10.6 Å². The fourth-order valence-electron chi connectivity index (χ4n) is 2.15. The Morgan fingerprint density at radius 2 is 1.88 bits per heavy atom. The van der Waals surface area contributed by atoms with E-state index in [-0.39, 0.29) is 5.69 Å². The van der Waals surface area contributed by atoms with Crippen molar-refractivity contribution in [2.75, 3.05) is 23.7 Å². The molecule has 16 heavy (non-hydrogen) atoms. The van der Waals surface area contributed by atoms with E-state index >= 15 is 0 Å². The molecular weight excluding hydrogens is 210 g/mol. The summed E-state index contributed by atoms with van der Waals surface area (Å²) in [6, 6.07) is 2.07. The molecule has 0 unspecified atom stereocenters.